The largest absolute Gasteiger partial charge is 0.478 e. The number of hydrogen-bond acceptors (Lipinski definition) is 4. The maximum absolute atomic E-state index is 11.5. The summed E-state index contributed by atoms with van der Waals surface area (Å²) in [5, 5.41) is 20.7. The third kappa shape index (κ3) is 3.47. The Labute approximate surface area is 119 Å². The smallest absolute Gasteiger partial charge is 0.339 e. The predicted octanol–water partition coefficient (Wildman–Crippen LogP) is 2.51. The Hall–Kier alpha value is -2.09. The fourth-order valence-electron chi connectivity index (χ4n) is 2.14. The number of nitrogens with one attached hydrogen (secondary N) is 1. The third-order valence-corrected chi connectivity index (χ3v) is 3.26. The molecule has 1 unspecified atom stereocenters. The van der Waals surface area contributed by atoms with E-state index >= 15 is 0 Å². The van der Waals surface area contributed by atoms with Crippen molar-refractivity contribution in [2.75, 3.05) is 5.32 Å². The Bertz CT molecular complexity index is 521. The number of anilines is 1. The molecular weight excluding hydrogens is 254 g/mol. The molecule has 0 saturated carbocycles. The van der Waals surface area contributed by atoms with E-state index in [-0.39, 0.29) is 11.6 Å². The average molecular weight is 275 g/mol. The monoisotopic (exact) mass is 275 g/mol. The van der Waals surface area contributed by atoms with Gasteiger partial charge in [0.25, 0.3) is 0 Å². The van der Waals surface area contributed by atoms with Gasteiger partial charge in [0.1, 0.15) is 5.56 Å². The van der Waals surface area contributed by atoms with Gasteiger partial charge in [-0.25, -0.2) is 4.79 Å². The number of terminal acetylenes is 1. The first-order valence-electron chi connectivity index (χ1n) is 6.90. The van der Waals surface area contributed by atoms with Gasteiger partial charge in [0, 0.05) is 12.5 Å². The molecule has 0 fully saturated rings. The number of nitrogens with zero attached hydrogens (tertiary/aromatic N) is 2. The Morgan fingerprint density at radius 1 is 1.35 bits per heavy atom. The van der Waals surface area contributed by atoms with Gasteiger partial charge >= 0.3 is 5.97 Å². The van der Waals surface area contributed by atoms with Gasteiger partial charge in [-0.2, -0.15) is 5.10 Å². The van der Waals surface area contributed by atoms with E-state index < -0.39 is 5.97 Å². The van der Waals surface area contributed by atoms with Gasteiger partial charge in [0.2, 0.25) is 0 Å². The molecule has 20 heavy (non-hydrogen) atoms. The highest BCUT2D eigenvalue weighted by molar-refractivity contribution is 5.95. The van der Waals surface area contributed by atoms with Crippen LogP contribution in [0, 0.1) is 12.3 Å². The Morgan fingerprint density at radius 2 is 2.05 bits per heavy atom. The molecule has 0 amide bonds. The van der Waals surface area contributed by atoms with Gasteiger partial charge < -0.3 is 10.4 Å². The molecule has 1 aromatic heterocycles. The van der Waals surface area contributed by atoms with Crippen molar-refractivity contribution < 1.29 is 9.90 Å². The van der Waals surface area contributed by atoms with Crippen molar-refractivity contribution >= 4 is 11.8 Å². The van der Waals surface area contributed by atoms with Gasteiger partial charge in [-0.05, 0) is 24.8 Å². The molecule has 0 aromatic carbocycles. The van der Waals surface area contributed by atoms with Crippen LogP contribution in [0.4, 0.5) is 5.82 Å². The van der Waals surface area contributed by atoms with Crippen LogP contribution in [0.25, 0.3) is 0 Å². The van der Waals surface area contributed by atoms with Crippen molar-refractivity contribution in [3.05, 3.63) is 16.8 Å². The van der Waals surface area contributed by atoms with Crippen LogP contribution in [0.3, 0.4) is 0 Å². The Balaban J connectivity index is 3.26. The lowest BCUT2D eigenvalue weighted by Gasteiger charge is -2.18. The highest BCUT2D eigenvalue weighted by Gasteiger charge is 2.21. The highest BCUT2D eigenvalue weighted by Crippen LogP contribution is 2.22. The van der Waals surface area contributed by atoms with E-state index in [1.807, 2.05) is 20.8 Å². The first-order valence-corrected chi connectivity index (χ1v) is 6.90. The first-order chi connectivity index (χ1) is 9.58. The molecule has 1 atom stereocenters. The number of aromatic carboxylic acids is 1. The molecule has 0 radical (unpaired) electrons. The number of aromatic nitrogens is 2. The van der Waals surface area contributed by atoms with Crippen molar-refractivity contribution in [3.63, 3.8) is 0 Å². The van der Waals surface area contributed by atoms with Crippen LogP contribution in [0.15, 0.2) is 0 Å². The average Bonchev–Trinajstić information content (AvgIpc) is 2.45. The van der Waals surface area contributed by atoms with Crippen LogP contribution in [0.2, 0.25) is 0 Å². The summed E-state index contributed by atoms with van der Waals surface area (Å²) in [6.45, 7) is 5.85. The molecule has 1 heterocycles. The topological polar surface area (TPSA) is 75.1 Å². The zero-order chi connectivity index (χ0) is 15.1. The fourth-order valence-corrected chi connectivity index (χ4v) is 2.14. The lowest BCUT2D eigenvalue weighted by molar-refractivity contribution is 0.0696. The molecule has 108 valence electrons. The SMILES string of the molecule is C#CCC(CC)Nc1nnc(CC)c(CC)c1C(=O)O. The van der Waals surface area contributed by atoms with Crippen LogP contribution in [-0.4, -0.2) is 27.3 Å². The fraction of sp³-hybridized carbons (Fsp3) is 0.533. The standard InChI is InChI=1S/C15H21N3O2/c1-5-9-10(6-2)16-14-13(15(19)20)11(7-3)12(8-4)17-18-14/h1,10H,6-9H2,2-4H3,(H,16,18)(H,19,20). The molecule has 0 aliphatic carbocycles. The number of hydrogen-bond donors (Lipinski definition) is 2. The maximum Gasteiger partial charge on any atom is 0.339 e. The van der Waals surface area contributed by atoms with Gasteiger partial charge in [-0.3, -0.25) is 0 Å². The van der Waals surface area contributed by atoms with E-state index in [0.29, 0.717) is 25.1 Å². The minimum Gasteiger partial charge on any atom is -0.478 e. The van der Waals surface area contributed by atoms with Crippen LogP contribution >= 0.6 is 0 Å². The van der Waals surface area contributed by atoms with Crippen LogP contribution in [0.1, 0.15) is 55.2 Å². The molecular formula is C15H21N3O2. The Morgan fingerprint density at radius 3 is 2.50 bits per heavy atom. The number of carboxylic acid groups (broad SMARTS) is 1. The van der Waals surface area contributed by atoms with Gasteiger partial charge in [-0.1, -0.05) is 20.8 Å². The molecule has 0 aliphatic rings. The van der Waals surface area contributed by atoms with E-state index in [1.54, 1.807) is 0 Å². The molecule has 2 N–H and O–H groups in total. The lowest BCUT2D eigenvalue weighted by Crippen LogP contribution is -2.22. The minimum absolute atomic E-state index is 0.00424. The molecule has 0 saturated heterocycles. The summed E-state index contributed by atoms with van der Waals surface area (Å²) in [7, 11) is 0. The Kier molecular flexibility index (Phi) is 5.98. The second kappa shape index (κ2) is 7.49. The normalized spacial score (nSPS) is 11.7. The summed E-state index contributed by atoms with van der Waals surface area (Å²) >= 11 is 0. The highest BCUT2D eigenvalue weighted by atomic mass is 16.4. The number of carboxylic acids is 1. The van der Waals surface area contributed by atoms with Crippen molar-refractivity contribution in [3.8, 4) is 12.3 Å². The summed E-state index contributed by atoms with van der Waals surface area (Å²) in [6.07, 6.45) is 7.91. The van der Waals surface area contributed by atoms with Crippen molar-refractivity contribution in [2.24, 2.45) is 0 Å². The summed E-state index contributed by atoms with van der Waals surface area (Å²) < 4.78 is 0. The summed E-state index contributed by atoms with van der Waals surface area (Å²) in [4.78, 5) is 11.5. The van der Waals surface area contributed by atoms with Crippen LogP contribution in [-0.2, 0) is 12.8 Å². The molecule has 1 rings (SSSR count). The van der Waals surface area contributed by atoms with E-state index in [0.717, 1.165) is 17.7 Å². The number of carbonyl (C=O) groups is 1. The van der Waals surface area contributed by atoms with E-state index in [1.165, 1.54) is 0 Å². The minimum atomic E-state index is -0.982. The second-order valence-corrected chi connectivity index (χ2v) is 4.52. The second-order valence-electron chi connectivity index (χ2n) is 4.52. The van der Waals surface area contributed by atoms with Gasteiger partial charge in [-0.15, -0.1) is 17.4 Å². The van der Waals surface area contributed by atoms with Crippen molar-refractivity contribution in [1.29, 1.82) is 0 Å². The number of rotatable bonds is 7. The van der Waals surface area contributed by atoms with Gasteiger partial charge in [0.15, 0.2) is 5.82 Å². The van der Waals surface area contributed by atoms with Crippen molar-refractivity contribution in [2.45, 2.75) is 52.5 Å². The van der Waals surface area contributed by atoms with E-state index in [4.69, 9.17) is 6.42 Å². The zero-order valence-corrected chi connectivity index (χ0v) is 12.2. The quantitative estimate of drug-likeness (QED) is 0.748. The molecule has 0 aliphatic heterocycles. The van der Waals surface area contributed by atoms with Crippen LogP contribution in [0.5, 0.6) is 0 Å². The molecule has 1 aromatic rings. The van der Waals surface area contributed by atoms with E-state index in [2.05, 4.69) is 21.4 Å². The third-order valence-electron chi connectivity index (χ3n) is 3.26. The zero-order valence-electron chi connectivity index (χ0n) is 12.2. The first kappa shape index (κ1) is 16.0. The van der Waals surface area contributed by atoms with Crippen LogP contribution < -0.4 is 5.32 Å². The molecule has 5 heteroatoms. The van der Waals surface area contributed by atoms with E-state index in [9.17, 15) is 9.90 Å². The van der Waals surface area contributed by atoms with Gasteiger partial charge in [0.05, 0.1) is 5.69 Å². The summed E-state index contributed by atoms with van der Waals surface area (Å²) in [5.74, 6) is 1.91. The molecule has 0 bridgehead atoms. The lowest BCUT2D eigenvalue weighted by atomic mass is 10.0. The predicted molar refractivity (Wildman–Crippen MR) is 78.9 cm³/mol. The number of aryl methyl sites for hydroxylation is 1. The molecule has 5 nitrogen and oxygen atoms in total. The maximum atomic E-state index is 11.5. The summed E-state index contributed by atoms with van der Waals surface area (Å²) in [5.41, 5.74) is 1.70. The van der Waals surface area contributed by atoms with Crippen molar-refractivity contribution in [1.82, 2.24) is 10.2 Å². The summed E-state index contributed by atoms with van der Waals surface area (Å²) in [6, 6.07) is 0.00424. The molecule has 0 spiro atoms.